The zero-order chi connectivity index (χ0) is 18.4. The zero-order valence-corrected chi connectivity index (χ0v) is 16.2. The van der Waals surface area contributed by atoms with Crippen molar-refractivity contribution in [2.24, 2.45) is 0 Å². The van der Waals surface area contributed by atoms with Crippen LogP contribution in [0.1, 0.15) is 23.7 Å². The summed E-state index contributed by atoms with van der Waals surface area (Å²) in [5, 5.41) is -0.487. The highest BCUT2D eigenvalue weighted by Crippen LogP contribution is 2.32. The first-order chi connectivity index (χ1) is 12.6. The van der Waals surface area contributed by atoms with E-state index in [2.05, 4.69) is 16.8 Å². The molecule has 0 radical (unpaired) electrons. The molecule has 0 aliphatic carbocycles. The standard InChI is InChI=1S/C21H28N2O2S/c1-22-15-17-23(18-16-22)14-8-13-21(19-9-4-2-5-10-19)26(24,25)20-11-6-3-7-12-20/h2-7,9-12,21H,8,13-18H2,1H3. The van der Waals surface area contributed by atoms with E-state index in [0.717, 1.165) is 44.7 Å². The van der Waals surface area contributed by atoms with Crippen LogP contribution in [0.2, 0.25) is 0 Å². The predicted molar refractivity (Wildman–Crippen MR) is 106 cm³/mol. The van der Waals surface area contributed by atoms with Crippen molar-refractivity contribution in [3.05, 3.63) is 66.2 Å². The molecule has 0 saturated carbocycles. The summed E-state index contributed by atoms with van der Waals surface area (Å²) in [5.74, 6) is 0. The van der Waals surface area contributed by atoms with Crippen LogP contribution in [0.5, 0.6) is 0 Å². The number of hydrogen-bond acceptors (Lipinski definition) is 4. The Bertz CT molecular complexity index is 770. The van der Waals surface area contributed by atoms with Crippen molar-refractivity contribution in [3.63, 3.8) is 0 Å². The first kappa shape index (κ1) is 19.1. The third-order valence-electron chi connectivity index (χ3n) is 5.15. The molecule has 1 heterocycles. The second-order valence-corrected chi connectivity index (χ2v) is 9.17. The lowest BCUT2D eigenvalue weighted by Crippen LogP contribution is -2.44. The summed E-state index contributed by atoms with van der Waals surface area (Å²) in [7, 11) is -1.24. The summed E-state index contributed by atoms with van der Waals surface area (Å²) >= 11 is 0. The minimum Gasteiger partial charge on any atom is -0.304 e. The van der Waals surface area contributed by atoms with E-state index in [0.29, 0.717) is 11.3 Å². The van der Waals surface area contributed by atoms with Gasteiger partial charge in [-0.1, -0.05) is 48.5 Å². The van der Waals surface area contributed by atoms with Crippen molar-refractivity contribution in [3.8, 4) is 0 Å². The molecule has 5 heteroatoms. The molecular weight excluding hydrogens is 344 g/mol. The minimum atomic E-state index is -3.39. The Morgan fingerprint density at radius 2 is 1.46 bits per heavy atom. The maximum Gasteiger partial charge on any atom is 0.185 e. The van der Waals surface area contributed by atoms with Gasteiger partial charge in [0.2, 0.25) is 0 Å². The van der Waals surface area contributed by atoms with Gasteiger partial charge in [-0.05, 0) is 44.1 Å². The molecule has 1 aliphatic heterocycles. The highest BCUT2D eigenvalue weighted by Gasteiger charge is 2.28. The Morgan fingerprint density at radius 1 is 0.885 bits per heavy atom. The lowest BCUT2D eigenvalue weighted by Gasteiger charge is -2.32. The van der Waals surface area contributed by atoms with Gasteiger partial charge in [-0.2, -0.15) is 0 Å². The lowest BCUT2D eigenvalue weighted by molar-refractivity contribution is 0.152. The van der Waals surface area contributed by atoms with Gasteiger partial charge < -0.3 is 9.80 Å². The number of sulfone groups is 1. The number of nitrogens with zero attached hydrogens (tertiary/aromatic N) is 2. The quantitative estimate of drug-likeness (QED) is 0.748. The summed E-state index contributed by atoms with van der Waals surface area (Å²) < 4.78 is 26.5. The Hall–Kier alpha value is -1.69. The van der Waals surface area contributed by atoms with E-state index in [1.54, 1.807) is 24.3 Å². The summed E-state index contributed by atoms with van der Waals surface area (Å²) in [6.07, 6.45) is 1.53. The Balaban J connectivity index is 1.72. The number of hydrogen-bond donors (Lipinski definition) is 0. The van der Waals surface area contributed by atoms with Crippen molar-refractivity contribution >= 4 is 9.84 Å². The maximum absolute atomic E-state index is 13.2. The van der Waals surface area contributed by atoms with E-state index in [1.807, 2.05) is 36.4 Å². The van der Waals surface area contributed by atoms with Crippen molar-refractivity contribution < 1.29 is 8.42 Å². The third kappa shape index (κ3) is 4.72. The highest BCUT2D eigenvalue weighted by molar-refractivity contribution is 7.91. The zero-order valence-electron chi connectivity index (χ0n) is 15.4. The molecule has 1 unspecified atom stereocenters. The lowest BCUT2D eigenvalue weighted by atomic mass is 10.1. The molecule has 1 atom stereocenters. The molecule has 1 saturated heterocycles. The van der Waals surface area contributed by atoms with Gasteiger partial charge in [-0.3, -0.25) is 0 Å². The van der Waals surface area contributed by atoms with Crippen molar-refractivity contribution in [2.75, 3.05) is 39.8 Å². The van der Waals surface area contributed by atoms with Gasteiger partial charge in [-0.15, -0.1) is 0 Å². The molecular formula is C21H28N2O2S. The van der Waals surface area contributed by atoms with E-state index in [4.69, 9.17) is 0 Å². The molecule has 0 spiro atoms. The first-order valence-electron chi connectivity index (χ1n) is 9.32. The number of piperazine rings is 1. The second kappa shape index (κ2) is 8.80. The predicted octanol–water partition coefficient (Wildman–Crippen LogP) is 3.23. The number of rotatable bonds is 7. The Labute approximate surface area is 157 Å². The third-order valence-corrected chi connectivity index (χ3v) is 7.34. The molecule has 4 nitrogen and oxygen atoms in total. The van der Waals surface area contributed by atoms with Crippen molar-refractivity contribution in [2.45, 2.75) is 23.0 Å². The highest BCUT2D eigenvalue weighted by atomic mass is 32.2. The van der Waals surface area contributed by atoms with E-state index < -0.39 is 15.1 Å². The van der Waals surface area contributed by atoms with E-state index in [-0.39, 0.29) is 0 Å². The van der Waals surface area contributed by atoms with Crippen LogP contribution in [0, 0.1) is 0 Å². The van der Waals surface area contributed by atoms with E-state index in [9.17, 15) is 8.42 Å². The monoisotopic (exact) mass is 372 g/mol. The average Bonchev–Trinajstić information content (AvgIpc) is 2.68. The molecule has 140 valence electrons. The molecule has 0 amide bonds. The van der Waals surface area contributed by atoms with Crippen LogP contribution in [-0.4, -0.2) is 58.0 Å². The van der Waals surface area contributed by atoms with Gasteiger partial charge >= 0.3 is 0 Å². The fourth-order valence-electron chi connectivity index (χ4n) is 3.51. The summed E-state index contributed by atoms with van der Waals surface area (Å²) in [6, 6.07) is 18.5. The van der Waals surface area contributed by atoms with Crippen LogP contribution in [0.25, 0.3) is 0 Å². The van der Waals surface area contributed by atoms with Crippen LogP contribution in [-0.2, 0) is 9.84 Å². The normalized spacial score (nSPS) is 17.9. The molecule has 1 fully saturated rings. The van der Waals surface area contributed by atoms with Gasteiger partial charge in [-0.25, -0.2) is 8.42 Å². The molecule has 1 aliphatic rings. The van der Waals surface area contributed by atoms with Crippen molar-refractivity contribution in [1.82, 2.24) is 9.80 Å². The molecule has 0 bridgehead atoms. The van der Waals surface area contributed by atoms with Crippen LogP contribution >= 0.6 is 0 Å². The molecule has 26 heavy (non-hydrogen) atoms. The fourth-order valence-corrected chi connectivity index (χ4v) is 5.37. The molecule has 0 N–H and O–H groups in total. The largest absolute Gasteiger partial charge is 0.304 e. The molecule has 0 aromatic heterocycles. The summed E-state index contributed by atoms with van der Waals surface area (Å²) in [6.45, 7) is 5.27. The smallest absolute Gasteiger partial charge is 0.185 e. The van der Waals surface area contributed by atoms with Crippen LogP contribution < -0.4 is 0 Å². The Kier molecular flexibility index (Phi) is 6.46. The van der Waals surface area contributed by atoms with Gasteiger partial charge in [0.15, 0.2) is 9.84 Å². The van der Waals surface area contributed by atoms with E-state index in [1.165, 1.54) is 0 Å². The number of likely N-dealkylation sites (N-methyl/N-ethyl adjacent to an activating group) is 1. The van der Waals surface area contributed by atoms with Crippen LogP contribution in [0.15, 0.2) is 65.6 Å². The Morgan fingerprint density at radius 3 is 2.08 bits per heavy atom. The second-order valence-electron chi connectivity index (χ2n) is 7.04. The number of benzene rings is 2. The first-order valence-corrected chi connectivity index (χ1v) is 10.9. The fraction of sp³-hybridized carbons (Fsp3) is 0.429. The molecule has 2 aromatic carbocycles. The SMILES string of the molecule is CN1CCN(CCCC(c2ccccc2)S(=O)(=O)c2ccccc2)CC1. The van der Waals surface area contributed by atoms with Gasteiger partial charge in [0.1, 0.15) is 0 Å². The van der Waals surface area contributed by atoms with Gasteiger partial charge in [0.05, 0.1) is 10.1 Å². The van der Waals surface area contributed by atoms with E-state index >= 15 is 0 Å². The van der Waals surface area contributed by atoms with Crippen LogP contribution in [0.4, 0.5) is 0 Å². The maximum atomic E-state index is 13.2. The average molecular weight is 373 g/mol. The van der Waals surface area contributed by atoms with Gasteiger partial charge in [0.25, 0.3) is 0 Å². The molecule has 2 aromatic rings. The van der Waals surface area contributed by atoms with Crippen molar-refractivity contribution in [1.29, 1.82) is 0 Å². The summed E-state index contributed by atoms with van der Waals surface area (Å²) in [4.78, 5) is 5.19. The topological polar surface area (TPSA) is 40.6 Å². The minimum absolute atomic E-state index is 0.411. The summed E-state index contributed by atoms with van der Waals surface area (Å²) in [5.41, 5.74) is 0.884. The molecule has 3 rings (SSSR count). The van der Waals surface area contributed by atoms with Gasteiger partial charge in [0, 0.05) is 26.2 Å². The van der Waals surface area contributed by atoms with Crippen LogP contribution in [0.3, 0.4) is 0 Å².